The summed E-state index contributed by atoms with van der Waals surface area (Å²) in [5.74, 6) is -0.513. The minimum Gasteiger partial charge on any atom is -0.456 e. The molecule has 1 aliphatic heterocycles. The van der Waals surface area contributed by atoms with Gasteiger partial charge >= 0.3 is 5.97 Å². The van der Waals surface area contributed by atoms with E-state index in [1.807, 2.05) is 37.5 Å². The molecule has 0 aromatic heterocycles. The average molecular weight is 353 g/mol. The van der Waals surface area contributed by atoms with Gasteiger partial charge in [-0.1, -0.05) is 12.1 Å². The number of aliphatic imine (C=N–C) groups is 1. The lowest BCUT2D eigenvalue weighted by molar-refractivity contribution is -0.756. The van der Waals surface area contributed by atoms with Crippen molar-refractivity contribution in [3.8, 4) is 6.07 Å². The molecular weight excluding hydrogens is 328 g/mol. The van der Waals surface area contributed by atoms with E-state index in [4.69, 9.17) is 4.74 Å². The highest BCUT2D eigenvalue weighted by Crippen LogP contribution is 2.20. The van der Waals surface area contributed by atoms with Crippen molar-refractivity contribution in [2.24, 2.45) is 4.99 Å². The highest BCUT2D eigenvalue weighted by atomic mass is 16.5. The Kier molecular flexibility index (Phi) is 6.70. The molecule has 0 bridgehead atoms. The van der Waals surface area contributed by atoms with Crippen LogP contribution in [0, 0.1) is 11.3 Å². The molecule has 2 rings (SSSR count). The van der Waals surface area contributed by atoms with Gasteiger partial charge in [0, 0.05) is 24.9 Å². The van der Waals surface area contributed by atoms with Crippen molar-refractivity contribution in [3.63, 3.8) is 0 Å². The second kappa shape index (κ2) is 8.97. The Morgan fingerprint density at radius 1 is 1.31 bits per heavy atom. The number of allylic oxidation sites excluding steroid dienone is 1. The lowest BCUT2D eigenvalue weighted by atomic mass is 10.1. The first-order valence-corrected chi connectivity index (χ1v) is 8.72. The quantitative estimate of drug-likeness (QED) is 0.312. The summed E-state index contributed by atoms with van der Waals surface area (Å²) in [4.78, 5) is 18.3. The number of nitrogens with zero attached hydrogens (tertiary/aromatic N) is 4. The third kappa shape index (κ3) is 5.04. The van der Waals surface area contributed by atoms with Crippen molar-refractivity contribution in [1.29, 1.82) is 5.26 Å². The third-order valence-electron chi connectivity index (χ3n) is 4.33. The lowest BCUT2D eigenvalue weighted by Gasteiger charge is -2.21. The molecular formula is C20H25N4O2+. The summed E-state index contributed by atoms with van der Waals surface area (Å²) in [6.07, 6.45) is 6.67. The number of carbonyl (C=O) groups is 1. The van der Waals surface area contributed by atoms with Crippen LogP contribution in [0.3, 0.4) is 0 Å². The molecule has 0 saturated heterocycles. The largest absolute Gasteiger partial charge is 0.456 e. The number of nitriles is 1. The topological polar surface area (TPSA) is 65.7 Å². The van der Waals surface area contributed by atoms with Crippen molar-refractivity contribution >= 4 is 23.6 Å². The first kappa shape index (κ1) is 19.4. The fraction of sp³-hybridized carbons (Fsp3) is 0.350. The highest BCUT2D eigenvalue weighted by Gasteiger charge is 2.19. The molecule has 0 amide bonds. The predicted octanol–water partition coefficient (Wildman–Crippen LogP) is 2.94. The first-order chi connectivity index (χ1) is 12.5. The number of benzene rings is 1. The van der Waals surface area contributed by atoms with Crippen LogP contribution in [0.2, 0.25) is 0 Å². The third-order valence-corrected chi connectivity index (χ3v) is 4.33. The smallest absolute Gasteiger partial charge is 0.332 e. The van der Waals surface area contributed by atoms with E-state index in [-0.39, 0.29) is 6.61 Å². The summed E-state index contributed by atoms with van der Waals surface area (Å²) in [6.45, 7) is 6.88. The van der Waals surface area contributed by atoms with E-state index < -0.39 is 5.97 Å². The van der Waals surface area contributed by atoms with Gasteiger partial charge in [-0.25, -0.2) is 9.79 Å². The molecule has 1 aliphatic rings. The molecule has 1 unspecified atom stereocenters. The summed E-state index contributed by atoms with van der Waals surface area (Å²) in [5.41, 5.74) is 2.09. The first-order valence-electron chi connectivity index (χ1n) is 8.72. The Bertz CT molecular complexity index is 741. The summed E-state index contributed by atoms with van der Waals surface area (Å²) in [7, 11) is 1.97. The van der Waals surface area contributed by atoms with Gasteiger partial charge in [-0.2, -0.15) is 5.26 Å². The number of carbonyl (C=O) groups excluding carboxylic acids is 1. The summed E-state index contributed by atoms with van der Waals surface area (Å²) in [5, 5.41) is 9.37. The van der Waals surface area contributed by atoms with Crippen LogP contribution in [0.1, 0.15) is 19.4 Å². The molecule has 6 heteroatoms. The van der Waals surface area contributed by atoms with Gasteiger partial charge in [0.05, 0.1) is 18.8 Å². The van der Waals surface area contributed by atoms with E-state index in [0.717, 1.165) is 18.8 Å². The van der Waals surface area contributed by atoms with Crippen LogP contribution in [0.5, 0.6) is 0 Å². The maximum absolute atomic E-state index is 12.0. The molecule has 1 aromatic rings. The zero-order chi connectivity index (χ0) is 19.0. The van der Waals surface area contributed by atoms with Crippen LogP contribution in [0.25, 0.3) is 5.57 Å². The van der Waals surface area contributed by atoms with E-state index in [1.165, 1.54) is 6.08 Å². The van der Waals surface area contributed by atoms with E-state index in [0.29, 0.717) is 22.2 Å². The Balaban J connectivity index is 1.98. The molecule has 26 heavy (non-hydrogen) atoms. The number of likely N-dealkylation sites (N-methyl/N-ethyl adjacent to an activating group) is 1. The maximum Gasteiger partial charge on any atom is 0.332 e. The average Bonchev–Trinajstić information content (AvgIpc) is 3.08. The zero-order valence-electron chi connectivity index (χ0n) is 15.6. The molecule has 1 heterocycles. The molecule has 1 atom stereocenters. The monoisotopic (exact) mass is 353 g/mol. The summed E-state index contributed by atoms with van der Waals surface area (Å²) < 4.78 is 5.73. The van der Waals surface area contributed by atoms with E-state index in [9.17, 15) is 10.1 Å². The summed E-state index contributed by atoms with van der Waals surface area (Å²) in [6, 6.07) is 9.71. The number of rotatable bonds is 8. The molecule has 0 fully saturated rings. The number of anilines is 1. The summed E-state index contributed by atoms with van der Waals surface area (Å²) >= 11 is 0. The lowest BCUT2D eigenvalue weighted by Crippen LogP contribution is -2.38. The van der Waals surface area contributed by atoms with Crippen molar-refractivity contribution in [1.82, 2.24) is 0 Å². The fourth-order valence-electron chi connectivity index (χ4n) is 2.68. The normalized spacial score (nSPS) is 18.6. The van der Waals surface area contributed by atoms with Crippen molar-refractivity contribution in [2.75, 3.05) is 38.2 Å². The second-order valence-electron chi connectivity index (χ2n) is 6.19. The standard InChI is InChI=1S/C20H25N4O2/c1-4-23(5-2)19-8-6-17(7-9-19)18(15-21)14-20(25)26-13-12-24(3)11-10-22-16-24/h6-11,14,16H,4-5,12-13H2,1-3H3/q+1/b18-14+. The van der Waals surface area contributed by atoms with Crippen molar-refractivity contribution in [3.05, 3.63) is 48.3 Å². The maximum atomic E-state index is 12.0. The van der Waals surface area contributed by atoms with E-state index >= 15 is 0 Å². The van der Waals surface area contributed by atoms with Gasteiger partial charge in [0.1, 0.15) is 25.4 Å². The van der Waals surface area contributed by atoms with E-state index in [2.05, 4.69) is 29.8 Å². The van der Waals surface area contributed by atoms with Gasteiger partial charge in [-0.05, 0) is 31.5 Å². The van der Waals surface area contributed by atoms with Crippen LogP contribution in [-0.2, 0) is 9.53 Å². The van der Waals surface area contributed by atoms with Crippen LogP contribution < -0.4 is 4.90 Å². The van der Waals surface area contributed by atoms with Gasteiger partial charge < -0.3 is 9.64 Å². The number of ether oxygens (including phenoxy) is 1. The highest BCUT2D eigenvalue weighted by molar-refractivity contribution is 5.95. The second-order valence-corrected chi connectivity index (χ2v) is 6.19. The molecule has 0 radical (unpaired) electrons. The molecule has 1 aromatic carbocycles. The number of esters is 1. The van der Waals surface area contributed by atoms with Gasteiger partial charge in [0.2, 0.25) is 0 Å². The Labute approximate surface area is 154 Å². The van der Waals surface area contributed by atoms with Crippen LogP contribution in [-0.4, -0.2) is 50.1 Å². The van der Waals surface area contributed by atoms with Crippen LogP contribution in [0.4, 0.5) is 5.69 Å². The Morgan fingerprint density at radius 2 is 2.00 bits per heavy atom. The van der Waals surface area contributed by atoms with Gasteiger partial charge in [-0.3, -0.25) is 4.48 Å². The molecule has 0 spiro atoms. The van der Waals surface area contributed by atoms with Crippen LogP contribution >= 0.6 is 0 Å². The van der Waals surface area contributed by atoms with Crippen molar-refractivity contribution in [2.45, 2.75) is 13.8 Å². The van der Waals surface area contributed by atoms with Crippen molar-refractivity contribution < 1.29 is 14.0 Å². The molecule has 136 valence electrons. The molecule has 0 N–H and O–H groups in total. The minimum atomic E-state index is -0.513. The SMILES string of the molecule is CCN(CC)c1ccc(/C(C#N)=C/C(=O)OCC[N+]2(C)C=CN=C2)cc1. The van der Waals surface area contributed by atoms with E-state index in [1.54, 1.807) is 12.5 Å². The van der Waals surface area contributed by atoms with Gasteiger partial charge in [0.25, 0.3) is 0 Å². The fourth-order valence-corrected chi connectivity index (χ4v) is 2.68. The molecule has 6 nitrogen and oxygen atoms in total. The minimum absolute atomic E-state index is 0.252. The molecule has 0 saturated carbocycles. The van der Waals surface area contributed by atoms with Gasteiger partial charge in [0.15, 0.2) is 6.34 Å². The number of hydrogen-bond donors (Lipinski definition) is 0. The number of hydrogen-bond acceptors (Lipinski definition) is 5. The number of quaternary nitrogens is 1. The Hall–Kier alpha value is -2.91. The molecule has 0 aliphatic carbocycles. The van der Waals surface area contributed by atoms with Gasteiger partial charge in [-0.15, -0.1) is 0 Å². The van der Waals surface area contributed by atoms with Crippen LogP contribution in [0.15, 0.2) is 47.7 Å². The predicted molar refractivity (Wildman–Crippen MR) is 103 cm³/mol. The Morgan fingerprint density at radius 3 is 2.54 bits per heavy atom. The zero-order valence-corrected chi connectivity index (χ0v) is 15.6.